The molecule has 5 N–H and O–H groups in total. The third kappa shape index (κ3) is 2.45. The minimum Gasteiger partial charge on any atom is -0.478 e. The van der Waals surface area contributed by atoms with Gasteiger partial charge in [0.2, 0.25) is 0 Å². The van der Waals surface area contributed by atoms with E-state index in [1.165, 1.54) is 0 Å². The van der Waals surface area contributed by atoms with Crippen LogP contribution in [0.15, 0.2) is 30.3 Å². The van der Waals surface area contributed by atoms with E-state index < -0.39 is 5.97 Å². The number of benzene rings is 1. The maximum Gasteiger partial charge on any atom is 0.335 e. The zero-order chi connectivity index (χ0) is 14.9. The van der Waals surface area contributed by atoms with Crippen LogP contribution in [0.25, 0.3) is 5.69 Å². The molecule has 1 aromatic carbocycles. The fraction of sp³-hybridized carbons (Fsp3) is 0.267. The van der Waals surface area contributed by atoms with E-state index in [4.69, 9.17) is 16.6 Å². The van der Waals surface area contributed by atoms with Crippen molar-refractivity contribution in [2.45, 2.75) is 19.9 Å². The number of carboxylic acids is 1. The molecule has 0 amide bonds. The predicted octanol–water partition coefficient (Wildman–Crippen LogP) is 1.75. The summed E-state index contributed by atoms with van der Waals surface area (Å²) >= 11 is 0. The first kappa shape index (κ1) is 14.3. The standard InChI is InChI=1S/C15H19N3O2/c1-9-7-13(14(17)8-16)10(2)18(9)12-5-3-11(4-6-12)15(19)20/h3-7,14H,8,16-17H2,1-2H3,(H,19,20). The van der Waals surface area contributed by atoms with Crippen LogP contribution in [0, 0.1) is 13.8 Å². The number of carboxylic acid groups (broad SMARTS) is 1. The first-order valence-electron chi connectivity index (χ1n) is 6.44. The van der Waals surface area contributed by atoms with Crippen LogP contribution in [0.2, 0.25) is 0 Å². The molecule has 1 unspecified atom stereocenters. The smallest absolute Gasteiger partial charge is 0.335 e. The fourth-order valence-electron chi connectivity index (χ4n) is 2.44. The Morgan fingerprint density at radius 2 is 1.90 bits per heavy atom. The molecule has 5 heteroatoms. The molecule has 1 aromatic heterocycles. The van der Waals surface area contributed by atoms with E-state index >= 15 is 0 Å². The fourth-order valence-corrected chi connectivity index (χ4v) is 2.44. The Morgan fingerprint density at radius 1 is 1.30 bits per heavy atom. The van der Waals surface area contributed by atoms with Crippen molar-refractivity contribution in [1.29, 1.82) is 0 Å². The molecule has 0 radical (unpaired) electrons. The maximum atomic E-state index is 10.9. The van der Waals surface area contributed by atoms with Crippen molar-refractivity contribution in [2.24, 2.45) is 11.5 Å². The lowest BCUT2D eigenvalue weighted by molar-refractivity contribution is 0.0697. The molecule has 1 atom stereocenters. The van der Waals surface area contributed by atoms with Crippen LogP contribution in [0.1, 0.15) is 33.4 Å². The molecular formula is C15H19N3O2. The lowest BCUT2D eigenvalue weighted by Crippen LogP contribution is -2.21. The quantitative estimate of drug-likeness (QED) is 0.791. The highest BCUT2D eigenvalue weighted by molar-refractivity contribution is 5.87. The minimum atomic E-state index is -0.927. The topological polar surface area (TPSA) is 94.3 Å². The van der Waals surface area contributed by atoms with E-state index in [9.17, 15) is 4.79 Å². The van der Waals surface area contributed by atoms with Crippen molar-refractivity contribution in [3.63, 3.8) is 0 Å². The second-order valence-electron chi connectivity index (χ2n) is 4.86. The van der Waals surface area contributed by atoms with Gasteiger partial charge in [0.1, 0.15) is 0 Å². The molecule has 0 saturated heterocycles. The molecule has 0 bridgehead atoms. The maximum absolute atomic E-state index is 10.9. The summed E-state index contributed by atoms with van der Waals surface area (Å²) in [5.41, 5.74) is 15.9. The highest BCUT2D eigenvalue weighted by Gasteiger charge is 2.15. The summed E-state index contributed by atoms with van der Waals surface area (Å²) in [6.45, 7) is 4.37. The first-order chi connectivity index (χ1) is 9.45. The van der Waals surface area contributed by atoms with E-state index in [-0.39, 0.29) is 11.6 Å². The molecule has 2 aromatic rings. The highest BCUT2D eigenvalue weighted by Crippen LogP contribution is 2.24. The average molecular weight is 273 g/mol. The number of aromatic nitrogens is 1. The number of hydrogen-bond donors (Lipinski definition) is 3. The third-order valence-electron chi connectivity index (χ3n) is 3.50. The Hall–Kier alpha value is -2.11. The molecule has 0 spiro atoms. The Morgan fingerprint density at radius 3 is 2.40 bits per heavy atom. The van der Waals surface area contributed by atoms with Crippen molar-refractivity contribution >= 4 is 5.97 Å². The van der Waals surface area contributed by atoms with Crippen molar-refractivity contribution < 1.29 is 9.90 Å². The number of nitrogens with zero attached hydrogens (tertiary/aromatic N) is 1. The lowest BCUT2D eigenvalue weighted by Gasteiger charge is -2.12. The molecule has 0 fully saturated rings. The van der Waals surface area contributed by atoms with Crippen LogP contribution in [0.3, 0.4) is 0 Å². The summed E-state index contributed by atoms with van der Waals surface area (Å²) in [5, 5.41) is 8.93. The van der Waals surface area contributed by atoms with Gasteiger partial charge >= 0.3 is 5.97 Å². The monoisotopic (exact) mass is 273 g/mol. The van der Waals surface area contributed by atoms with Crippen molar-refractivity contribution in [3.8, 4) is 5.69 Å². The van der Waals surface area contributed by atoms with Crippen LogP contribution in [-0.4, -0.2) is 22.2 Å². The van der Waals surface area contributed by atoms with Crippen molar-refractivity contribution in [1.82, 2.24) is 4.57 Å². The number of aryl methyl sites for hydroxylation is 1. The van der Waals surface area contributed by atoms with E-state index in [0.29, 0.717) is 6.54 Å². The summed E-state index contributed by atoms with van der Waals surface area (Å²) < 4.78 is 2.05. The van der Waals surface area contributed by atoms with Gasteiger partial charge in [-0.3, -0.25) is 0 Å². The van der Waals surface area contributed by atoms with Gasteiger partial charge in [-0.25, -0.2) is 4.79 Å². The van der Waals surface area contributed by atoms with Gasteiger partial charge in [0.15, 0.2) is 0 Å². The van der Waals surface area contributed by atoms with Crippen LogP contribution in [0.5, 0.6) is 0 Å². The van der Waals surface area contributed by atoms with Gasteiger partial charge in [-0.1, -0.05) is 0 Å². The van der Waals surface area contributed by atoms with Gasteiger partial charge < -0.3 is 21.1 Å². The van der Waals surface area contributed by atoms with Crippen molar-refractivity contribution in [3.05, 3.63) is 52.8 Å². The second-order valence-corrected chi connectivity index (χ2v) is 4.86. The number of carbonyl (C=O) groups is 1. The second kappa shape index (κ2) is 5.48. The van der Waals surface area contributed by atoms with Gasteiger partial charge in [0.05, 0.1) is 5.56 Å². The molecular weight excluding hydrogens is 254 g/mol. The highest BCUT2D eigenvalue weighted by atomic mass is 16.4. The molecule has 0 aliphatic heterocycles. The zero-order valence-corrected chi connectivity index (χ0v) is 11.6. The minimum absolute atomic E-state index is 0.187. The van der Waals surface area contributed by atoms with Crippen LogP contribution >= 0.6 is 0 Å². The van der Waals surface area contributed by atoms with E-state index in [0.717, 1.165) is 22.6 Å². The van der Waals surface area contributed by atoms with Gasteiger partial charge in [0, 0.05) is 29.7 Å². The summed E-state index contributed by atoms with van der Waals surface area (Å²) in [4.78, 5) is 10.9. The lowest BCUT2D eigenvalue weighted by atomic mass is 10.1. The largest absolute Gasteiger partial charge is 0.478 e. The number of aromatic carboxylic acids is 1. The molecule has 1 heterocycles. The molecule has 20 heavy (non-hydrogen) atoms. The number of nitrogens with two attached hydrogens (primary N) is 2. The molecule has 5 nitrogen and oxygen atoms in total. The normalized spacial score (nSPS) is 12.4. The van der Waals surface area contributed by atoms with Crippen LogP contribution < -0.4 is 11.5 Å². The third-order valence-corrected chi connectivity index (χ3v) is 3.50. The van der Waals surface area contributed by atoms with E-state index in [1.54, 1.807) is 24.3 Å². The molecule has 0 aliphatic rings. The SMILES string of the molecule is Cc1cc(C(N)CN)c(C)n1-c1ccc(C(=O)O)cc1. The summed E-state index contributed by atoms with van der Waals surface area (Å²) in [7, 11) is 0. The average Bonchev–Trinajstić information content (AvgIpc) is 2.73. The molecule has 2 rings (SSSR count). The van der Waals surface area contributed by atoms with Crippen LogP contribution in [-0.2, 0) is 0 Å². The summed E-state index contributed by atoms with van der Waals surface area (Å²) in [6, 6.07) is 8.62. The van der Waals surface area contributed by atoms with Gasteiger partial charge in [-0.05, 0) is 49.7 Å². The summed E-state index contributed by atoms with van der Waals surface area (Å²) in [5.74, 6) is -0.927. The summed E-state index contributed by atoms with van der Waals surface area (Å²) in [6.07, 6.45) is 0. The Bertz CT molecular complexity index is 629. The molecule has 0 aliphatic carbocycles. The van der Waals surface area contributed by atoms with E-state index in [1.807, 2.05) is 19.9 Å². The first-order valence-corrected chi connectivity index (χ1v) is 6.44. The van der Waals surface area contributed by atoms with Crippen LogP contribution in [0.4, 0.5) is 0 Å². The van der Waals surface area contributed by atoms with Crippen molar-refractivity contribution in [2.75, 3.05) is 6.54 Å². The van der Waals surface area contributed by atoms with E-state index in [2.05, 4.69) is 4.57 Å². The number of rotatable bonds is 4. The Balaban J connectivity index is 2.47. The number of hydrogen-bond acceptors (Lipinski definition) is 3. The molecule has 106 valence electrons. The van der Waals surface area contributed by atoms with Gasteiger partial charge in [0.25, 0.3) is 0 Å². The van der Waals surface area contributed by atoms with Gasteiger partial charge in [-0.2, -0.15) is 0 Å². The zero-order valence-electron chi connectivity index (χ0n) is 11.6. The Kier molecular flexibility index (Phi) is 3.92. The Labute approximate surface area is 117 Å². The van der Waals surface area contributed by atoms with Gasteiger partial charge in [-0.15, -0.1) is 0 Å². The molecule has 0 saturated carbocycles. The predicted molar refractivity (Wildman–Crippen MR) is 78.2 cm³/mol.